The number of ether oxygens (including phenoxy) is 4. The van der Waals surface area contributed by atoms with Crippen molar-refractivity contribution in [3.63, 3.8) is 0 Å². The molecule has 0 bridgehead atoms. The molecule has 0 aromatic carbocycles. The zero-order valence-corrected chi connectivity index (χ0v) is 13.7. The standard InChI is InChI=1S/C15H32N2O4/c1-18-9-3-16(5-11-20-12-6-16)15-17(4-10-19-2)7-13-21-14-8-17/h3-15H2,1-2H3/q+2. The summed E-state index contributed by atoms with van der Waals surface area (Å²) in [6, 6.07) is 0. The first-order valence-corrected chi connectivity index (χ1v) is 8.08. The molecule has 0 amide bonds. The van der Waals surface area contributed by atoms with Crippen LogP contribution in [-0.4, -0.2) is 109 Å². The number of rotatable bonds is 8. The second-order valence-electron chi connectivity index (χ2n) is 6.38. The predicted molar refractivity (Wildman–Crippen MR) is 80.0 cm³/mol. The molecule has 6 heteroatoms. The highest BCUT2D eigenvalue weighted by atomic mass is 16.5. The van der Waals surface area contributed by atoms with Crippen LogP contribution in [0.25, 0.3) is 0 Å². The number of nitrogens with zero attached hydrogens (tertiary/aromatic N) is 2. The van der Waals surface area contributed by atoms with Gasteiger partial charge in [0.15, 0.2) is 0 Å². The van der Waals surface area contributed by atoms with Gasteiger partial charge in [0.25, 0.3) is 0 Å². The summed E-state index contributed by atoms with van der Waals surface area (Å²) in [5.41, 5.74) is 0. The molecule has 0 spiro atoms. The van der Waals surface area contributed by atoms with E-state index in [1.165, 1.54) is 0 Å². The topological polar surface area (TPSA) is 36.9 Å². The van der Waals surface area contributed by atoms with Crippen molar-refractivity contribution >= 4 is 0 Å². The van der Waals surface area contributed by atoms with Crippen molar-refractivity contribution in [1.29, 1.82) is 0 Å². The van der Waals surface area contributed by atoms with Crippen LogP contribution in [0.1, 0.15) is 0 Å². The van der Waals surface area contributed by atoms with Crippen molar-refractivity contribution in [1.82, 2.24) is 0 Å². The van der Waals surface area contributed by atoms with E-state index in [0.717, 1.165) is 94.5 Å². The van der Waals surface area contributed by atoms with Gasteiger partial charge in [0.2, 0.25) is 6.67 Å². The Morgan fingerprint density at radius 2 is 1.10 bits per heavy atom. The van der Waals surface area contributed by atoms with E-state index in [9.17, 15) is 0 Å². The van der Waals surface area contributed by atoms with Crippen LogP contribution in [0.15, 0.2) is 0 Å². The van der Waals surface area contributed by atoms with Gasteiger partial charge in [-0.1, -0.05) is 0 Å². The van der Waals surface area contributed by atoms with Crippen molar-refractivity contribution in [2.45, 2.75) is 0 Å². The summed E-state index contributed by atoms with van der Waals surface area (Å²) in [5.74, 6) is 0. The van der Waals surface area contributed by atoms with Crippen molar-refractivity contribution in [2.75, 3.05) is 99.8 Å². The Balaban J connectivity index is 2.06. The van der Waals surface area contributed by atoms with E-state index in [2.05, 4.69) is 0 Å². The third-order valence-electron chi connectivity index (χ3n) is 4.98. The quantitative estimate of drug-likeness (QED) is 0.588. The monoisotopic (exact) mass is 304 g/mol. The summed E-state index contributed by atoms with van der Waals surface area (Å²) in [6.07, 6.45) is 0. The summed E-state index contributed by atoms with van der Waals surface area (Å²) in [5, 5.41) is 0. The van der Waals surface area contributed by atoms with E-state index in [-0.39, 0.29) is 0 Å². The maximum atomic E-state index is 5.60. The first-order chi connectivity index (χ1) is 10.2. The minimum atomic E-state index is 0.820. The average Bonchev–Trinajstić information content (AvgIpc) is 2.53. The van der Waals surface area contributed by atoms with E-state index in [1.807, 2.05) is 0 Å². The fourth-order valence-corrected chi connectivity index (χ4v) is 3.54. The zero-order chi connectivity index (χ0) is 15.0. The molecule has 0 aliphatic carbocycles. The Morgan fingerprint density at radius 1 is 0.714 bits per heavy atom. The predicted octanol–water partition coefficient (Wildman–Crippen LogP) is -0.0693. The van der Waals surface area contributed by atoms with Crippen molar-refractivity contribution < 1.29 is 27.9 Å². The summed E-state index contributed by atoms with van der Waals surface area (Å²) < 4.78 is 24.1. The van der Waals surface area contributed by atoms with Gasteiger partial charge in [-0.25, -0.2) is 0 Å². The van der Waals surface area contributed by atoms with Gasteiger partial charge in [-0.3, -0.25) is 8.97 Å². The molecule has 21 heavy (non-hydrogen) atoms. The van der Waals surface area contributed by atoms with Gasteiger partial charge in [0.05, 0.1) is 39.6 Å². The van der Waals surface area contributed by atoms with Gasteiger partial charge in [-0.05, 0) is 0 Å². The number of quaternary nitrogens is 2. The van der Waals surface area contributed by atoms with Gasteiger partial charge in [-0.2, -0.15) is 0 Å². The van der Waals surface area contributed by atoms with E-state index in [1.54, 1.807) is 14.2 Å². The lowest BCUT2D eigenvalue weighted by Crippen LogP contribution is -2.69. The third-order valence-corrected chi connectivity index (χ3v) is 4.98. The SMILES string of the molecule is COCC[N+]1(C[N+]2(CCOC)CCOCC2)CCOCC1. The Kier molecular flexibility index (Phi) is 6.85. The maximum absolute atomic E-state index is 5.60. The highest BCUT2D eigenvalue weighted by Gasteiger charge is 2.42. The van der Waals surface area contributed by atoms with Crippen LogP contribution in [0.4, 0.5) is 0 Å². The van der Waals surface area contributed by atoms with Gasteiger partial charge >= 0.3 is 0 Å². The molecule has 2 heterocycles. The molecule has 6 nitrogen and oxygen atoms in total. The molecule has 0 aromatic heterocycles. The largest absolute Gasteiger partial charge is 0.379 e. The fraction of sp³-hybridized carbons (Fsp3) is 1.00. The summed E-state index contributed by atoms with van der Waals surface area (Å²) >= 11 is 0. The molecule has 124 valence electrons. The normalized spacial score (nSPS) is 24.9. The number of methoxy groups -OCH3 is 2. The van der Waals surface area contributed by atoms with Crippen molar-refractivity contribution in [3.05, 3.63) is 0 Å². The minimum Gasteiger partial charge on any atom is -0.379 e. The lowest BCUT2D eigenvalue weighted by atomic mass is 10.2. The first kappa shape index (κ1) is 17.1. The molecule has 2 aliphatic heterocycles. The van der Waals surface area contributed by atoms with E-state index in [4.69, 9.17) is 18.9 Å². The molecule has 0 aromatic rings. The van der Waals surface area contributed by atoms with Gasteiger partial charge in [0.1, 0.15) is 39.3 Å². The Morgan fingerprint density at radius 3 is 1.43 bits per heavy atom. The second-order valence-corrected chi connectivity index (χ2v) is 6.38. The van der Waals surface area contributed by atoms with Crippen molar-refractivity contribution in [2.24, 2.45) is 0 Å². The highest BCUT2D eigenvalue weighted by molar-refractivity contribution is 4.53. The van der Waals surface area contributed by atoms with Crippen LogP contribution in [0, 0.1) is 0 Å². The smallest absolute Gasteiger partial charge is 0.207 e. The molecule has 2 rings (SSSR count). The fourth-order valence-electron chi connectivity index (χ4n) is 3.54. The molecule has 0 radical (unpaired) electrons. The van der Waals surface area contributed by atoms with Gasteiger partial charge in [0, 0.05) is 14.2 Å². The van der Waals surface area contributed by atoms with Crippen LogP contribution < -0.4 is 0 Å². The molecular formula is C15H32N2O4+2. The van der Waals surface area contributed by atoms with Gasteiger partial charge in [-0.15, -0.1) is 0 Å². The van der Waals surface area contributed by atoms with E-state index in [0.29, 0.717) is 0 Å². The molecule has 0 saturated carbocycles. The first-order valence-electron chi connectivity index (χ1n) is 8.08. The Hall–Kier alpha value is -0.240. The summed E-state index contributed by atoms with van der Waals surface area (Å²) in [4.78, 5) is 0. The Bertz CT molecular complexity index is 261. The molecule has 2 fully saturated rings. The number of hydrogen-bond acceptors (Lipinski definition) is 4. The Labute approximate surface area is 128 Å². The lowest BCUT2D eigenvalue weighted by Gasteiger charge is -2.49. The van der Waals surface area contributed by atoms with Crippen molar-refractivity contribution in [3.8, 4) is 0 Å². The molecular weight excluding hydrogens is 272 g/mol. The average molecular weight is 304 g/mol. The molecule has 0 N–H and O–H groups in total. The number of morpholine rings is 2. The van der Waals surface area contributed by atoms with Crippen LogP contribution in [0.5, 0.6) is 0 Å². The number of hydrogen-bond donors (Lipinski definition) is 0. The zero-order valence-electron chi connectivity index (χ0n) is 13.7. The molecule has 0 unspecified atom stereocenters. The minimum absolute atomic E-state index is 0.820. The van der Waals surface area contributed by atoms with Crippen LogP contribution in [-0.2, 0) is 18.9 Å². The molecule has 2 saturated heterocycles. The summed E-state index contributed by atoms with van der Waals surface area (Å²) in [7, 11) is 3.59. The second kappa shape index (κ2) is 8.41. The third kappa shape index (κ3) is 4.87. The molecule has 0 atom stereocenters. The summed E-state index contributed by atoms with van der Waals surface area (Å²) in [6.45, 7) is 12.8. The molecule has 2 aliphatic rings. The van der Waals surface area contributed by atoms with Crippen LogP contribution in [0.2, 0.25) is 0 Å². The van der Waals surface area contributed by atoms with Crippen LogP contribution in [0.3, 0.4) is 0 Å². The maximum Gasteiger partial charge on any atom is 0.207 e. The van der Waals surface area contributed by atoms with E-state index >= 15 is 0 Å². The van der Waals surface area contributed by atoms with E-state index < -0.39 is 0 Å². The highest BCUT2D eigenvalue weighted by Crippen LogP contribution is 2.20. The van der Waals surface area contributed by atoms with Gasteiger partial charge < -0.3 is 18.9 Å². The van der Waals surface area contributed by atoms with Crippen LogP contribution >= 0.6 is 0 Å². The lowest BCUT2D eigenvalue weighted by molar-refractivity contribution is -1.11.